The van der Waals surface area contributed by atoms with Crippen LogP contribution in [0, 0.1) is 18.7 Å². The van der Waals surface area contributed by atoms with Gasteiger partial charge in [0, 0.05) is 6.61 Å². The van der Waals surface area contributed by atoms with Gasteiger partial charge in [-0.25, -0.2) is 4.39 Å². The molecule has 0 amide bonds. The number of hydrogen-bond acceptors (Lipinski definition) is 1. The third-order valence-electron chi connectivity index (χ3n) is 3.45. The molecule has 2 aromatic carbocycles. The predicted octanol–water partition coefficient (Wildman–Crippen LogP) is 3.53. The maximum atomic E-state index is 13.3. The summed E-state index contributed by atoms with van der Waals surface area (Å²) in [5.74, 6) is -0.0834. The molecule has 1 unspecified atom stereocenters. The van der Waals surface area contributed by atoms with Crippen molar-refractivity contribution in [2.75, 3.05) is 6.61 Å². The van der Waals surface area contributed by atoms with Gasteiger partial charge in [0.05, 0.1) is 0 Å². The monoisotopic (exact) mass is 258 g/mol. The van der Waals surface area contributed by atoms with E-state index in [9.17, 15) is 9.50 Å². The molecule has 0 aliphatic heterocycles. The standard InChI is InChI=1S/C17H19FO/c1-13-7-8-17(18)11-16(13)10-15(12-19)9-14-5-3-2-4-6-14/h2-8,11,15,19H,9-10,12H2,1H3. The van der Waals surface area contributed by atoms with E-state index in [4.69, 9.17) is 0 Å². The Morgan fingerprint density at radius 1 is 1.05 bits per heavy atom. The molecule has 0 saturated heterocycles. The molecule has 1 N–H and O–H groups in total. The maximum Gasteiger partial charge on any atom is 0.123 e. The molecule has 0 fully saturated rings. The zero-order chi connectivity index (χ0) is 13.7. The Morgan fingerprint density at radius 2 is 1.79 bits per heavy atom. The zero-order valence-electron chi connectivity index (χ0n) is 11.1. The summed E-state index contributed by atoms with van der Waals surface area (Å²) in [6.45, 7) is 2.09. The van der Waals surface area contributed by atoms with Crippen LogP contribution in [0.4, 0.5) is 4.39 Å². The fourth-order valence-corrected chi connectivity index (χ4v) is 2.32. The summed E-state index contributed by atoms with van der Waals surface area (Å²) in [4.78, 5) is 0. The highest BCUT2D eigenvalue weighted by atomic mass is 19.1. The third kappa shape index (κ3) is 3.90. The van der Waals surface area contributed by atoms with Gasteiger partial charge in [0.1, 0.15) is 5.82 Å². The van der Waals surface area contributed by atoms with Crippen LogP contribution in [0.5, 0.6) is 0 Å². The summed E-state index contributed by atoms with van der Waals surface area (Å²) < 4.78 is 13.3. The van der Waals surface area contributed by atoms with Crippen molar-refractivity contribution in [2.45, 2.75) is 19.8 Å². The van der Waals surface area contributed by atoms with E-state index in [2.05, 4.69) is 12.1 Å². The van der Waals surface area contributed by atoms with Crippen molar-refractivity contribution in [3.8, 4) is 0 Å². The number of halogens is 1. The molecule has 2 aromatic rings. The van der Waals surface area contributed by atoms with E-state index < -0.39 is 0 Å². The Labute approximate surface area is 113 Å². The van der Waals surface area contributed by atoms with Crippen molar-refractivity contribution < 1.29 is 9.50 Å². The first-order valence-electron chi connectivity index (χ1n) is 6.59. The maximum absolute atomic E-state index is 13.3. The van der Waals surface area contributed by atoms with E-state index in [1.807, 2.05) is 25.1 Å². The van der Waals surface area contributed by atoms with Crippen molar-refractivity contribution in [2.24, 2.45) is 5.92 Å². The number of rotatable bonds is 5. The van der Waals surface area contributed by atoms with Crippen LogP contribution in [0.1, 0.15) is 16.7 Å². The van der Waals surface area contributed by atoms with Crippen LogP contribution in [0.15, 0.2) is 48.5 Å². The first-order valence-corrected chi connectivity index (χ1v) is 6.59. The summed E-state index contributed by atoms with van der Waals surface area (Å²) in [5.41, 5.74) is 3.26. The fourth-order valence-electron chi connectivity index (χ4n) is 2.32. The molecule has 0 bridgehead atoms. The molecule has 100 valence electrons. The number of aryl methyl sites for hydroxylation is 1. The largest absolute Gasteiger partial charge is 0.396 e. The van der Waals surface area contributed by atoms with Crippen LogP contribution in [0.2, 0.25) is 0 Å². The molecule has 0 saturated carbocycles. The first kappa shape index (κ1) is 13.8. The lowest BCUT2D eigenvalue weighted by atomic mass is 9.91. The van der Waals surface area contributed by atoms with E-state index >= 15 is 0 Å². The van der Waals surface area contributed by atoms with Crippen LogP contribution in [0.3, 0.4) is 0 Å². The first-order chi connectivity index (χ1) is 9.19. The van der Waals surface area contributed by atoms with Crippen molar-refractivity contribution in [1.29, 1.82) is 0 Å². The molecule has 1 atom stereocenters. The summed E-state index contributed by atoms with van der Waals surface area (Å²) >= 11 is 0. The molecule has 0 heterocycles. The molecule has 0 aromatic heterocycles. The summed E-state index contributed by atoms with van der Waals surface area (Å²) in [6.07, 6.45) is 1.52. The Hall–Kier alpha value is -1.67. The van der Waals surface area contributed by atoms with Gasteiger partial charge < -0.3 is 5.11 Å². The summed E-state index contributed by atoms with van der Waals surface area (Å²) in [7, 11) is 0. The molecule has 0 spiro atoms. The highest BCUT2D eigenvalue weighted by Crippen LogP contribution is 2.18. The minimum atomic E-state index is -0.211. The van der Waals surface area contributed by atoms with Crippen molar-refractivity contribution in [3.63, 3.8) is 0 Å². The minimum Gasteiger partial charge on any atom is -0.396 e. The van der Waals surface area contributed by atoms with Crippen LogP contribution < -0.4 is 0 Å². The van der Waals surface area contributed by atoms with Crippen molar-refractivity contribution in [3.05, 3.63) is 71.0 Å². The number of benzene rings is 2. The zero-order valence-corrected chi connectivity index (χ0v) is 11.1. The van der Waals surface area contributed by atoms with Crippen molar-refractivity contribution >= 4 is 0 Å². The predicted molar refractivity (Wildman–Crippen MR) is 75.6 cm³/mol. The number of aliphatic hydroxyl groups excluding tert-OH is 1. The van der Waals surface area contributed by atoms with E-state index in [0.717, 1.165) is 17.5 Å². The smallest absolute Gasteiger partial charge is 0.123 e. The van der Waals surface area contributed by atoms with Crippen molar-refractivity contribution in [1.82, 2.24) is 0 Å². The molecule has 1 nitrogen and oxygen atoms in total. The highest BCUT2D eigenvalue weighted by Gasteiger charge is 2.11. The van der Waals surface area contributed by atoms with Gasteiger partial charge in [0.25, 0.3) is 0 Å². The summed E-state index contributed by atoms with van der Waals surface area (Å²) in [6, 6.07) is 14.9. The van der Waals surface area contributed by atoms with Crippen LogP contribution in [0.25, 0.3) is 0 Å². The second kappa shape index (κ2) is 6.48. The van der Waals surface area contributed by atoms with Gasteiger partial charge in [-0.15, -0.1) is 0 Å². The average molecular weight is 258 g/mol. The Bertz CT molecular complexity index is 522. The van der Waals surface area contributed by atoms with Gasteiger partial charge in [0.15, 0.2) is 0 Å². The Balaban J connectivity index is 2.09. The Kier molecular flexibility index (Phi) is 4.69. The van der Waals surface area contributed by atoms with Gasteiger partial charge in [-0.3, -0.25) is 0 Å². The van der Waals surface area contributed by atoms with E-state index in [-0.39, 0.29) is 18.3 Å². The average Bonchev–Trinajstić information content (AvgIpc) is 2.43. The molecule has 0 aliphatic rings. The minimum absolute atomic E-state index is 0.116. The third-order valence-corrected chi connectivity index (χ3v) is 3.45. The van der Waals surface area contributed by atoms with Gasteiger partial charge in [-0.2, -0.15) is 0 Å². The van der Waals surface area contributed by atoms with Gasteiger partial charge in [0.2, 0.25) is 0 Å². The Morgan fingerprint density at radius 3 is 2.47 bits per heavy atom. The van der Waals surface area contributed by atoms with Gasteiger partial charge in [-0.1, -0.05) is 36.4 Å². The second-order valence-corrected chi connectivity index (χ2v) is 5.01. The molecule has 19 heavy (non-hydrogen) atoms. The summed E-state index contributed by atoms with van der Waals surface area (Å²) in [5, 5.41) is 9.52. The highest BCUT2D eigenvalue weighted by molar-refractivity contribution is 5.27. The second-order valence-electron chi connectivity index (χ2n) is 5.01. The van der Waals surface area contributed by atoms with E-state index in [0.29, 0.717) is 6.42 Å². The van der Waals surface area contributed by atoms with Gasteiger partial charge in [-0.05, 0) is 54.5 Å². The fraction of sp³-hybridized carbons (Fsp3) is 0.294. The molecule has 2 heteroatoms. The van der Waals surface area contributed by atoms with Crippen LogP contribution in [-0.2, 0) is 12.8 Å². The molecule has 0 aliphatic carbocycles. The normalized spacial score (nSPS) is 12.4. The van der Waals surface area contributed by atoms with Crippen LogP contribution in [-0.4, -0.2) is 11.7 Å². The number of hydrogen-bond donors (Lipinski definition) is 1. The lowest BCUT2D eigenvalue weighted by Gasteiger charge is -2.16. The van der Waals surface area contributed by atoms with E-state index in [1.165, 1.54) is 11.6 Å². The van der Waals surface area contributed by atoms with Crippen LogP contribution >= 0.6 is 0 Å². The molecular formula is C17H19FO. The van der Waals surface area contributed by atoms with E-state index in [1.54, 1.807) is 12.1 Å². The quantitative estimate of drug-likeness (QED) is 0.870. The lowest BCUT2D eigenvalue weighted by molar-refractivity contribution is 0.224. The molecule has 2 rings (SSSR count). The van der Waals surface area contributed by atoms with Gasteiger partial charge >= 0.3 is 0 Å². The SMILES string of the molecule is Cc1ccc(F)cc1CC(CO)Cc1ccccc1. The molecule has 0 radical (unpaired) electrons. The topological polar surface area (TPSA) is 20.2 Å². The number of aliphatic hydroxyl groups is 1. The lowest BCUT2D eigenvalue weighted by Crippen LogP contribution is -2.13. The molecular weight excluding hydrogens is 239 g/mol.